The fourth-order valence-electron chi connectivity index (χ4n) is 3.17. The van der Waals surface area contributed by atoms with E-state index in [1.165, 1.54) is 17.4 Å². The van der Waals surface area contributed by atoms with Crippen LogP contribution in [0.1, 0.15) is 10.4 Å². The maximum atomic E-state index is 13.9. The average molecular weight is 389 g/mol. The first kappa shape index (κ1) is 17.7. The fourth-order valence-corrected chi connectivity index (χ4v) is 4.23. The maximum Gasteiger partial charge on any atom is 0.257 e. The number of hydrogen-bond donors (Lipinski definition) is 0. The predicted molar refractivity (Wildman–Crippen MR) is 101 cm³/mol. The number of hydrogen-bond acceptors (Lipinski definition) is 5. The van der Waals surface area contributed by atoms with Gasteiger partial charge in [0, 0.05) is 32.2 Å². The molecule has 0 bridgehead atoms. The second-order valence-electron chi connectivity index (χ2n) is 6.21. The molecule has 0 radical (unpaired) electrons. The molecule has 1 saturated heterocycles. The number of aromatic nitrogens is 1. The minimum absolute atomic E-state index is 0.0792. The highest BCUT2D eigenvalue weighted by molar-refractivity contribution is 7.22. The summed E-state index contributed by atoms with van der Waals surface area (Å²) in [5, 5.41) is 0.638. The van der Waals surface area contributed by atoms with Gasteiger partial charge in [-0.25, -0.2) is 13.8 Å². The molecular weight excluding hydrogens is 372 g/mol. The molecule has 1 amide bonds. The third-order valence-electron chi connectivity index (χ3n) is 4.58. The molecule has 1 aromatic heterocycles. The summed E-state index contributed by atoms with van der Waals surface area (Å²) in [5.74, 6) is -0.793. The van der Waals surface area contributed by atoms with Crippen LogP contribution in [-0.2, 0) is 0 Å². The molecule has 2 heterocycles. The molecule has 4 rings (SSSR count). The van der Waals surface area contributed by atoms with Gasteiger partial charge < -0.3 is 14.5 Å². The zero-order chi connectivity index (χ0) is 19.0. The van der Waals surface area contributed by atoms with Crippen LogP contribution in [0.3, 0.4) is 0 Å². The quantitative estimate of drug-likeness (QED) is 0.687. The van der Waals surface area contributed by atoms with Crippen molar-refractivity contribution in [2.45, 2.75) is 0 Å². The van der Waals surface area contributed by atoms with Crippen LogP contribution in [0.4, 0.5) is 13.9 Å². The van der Waals surface area contributed by atoms with Gasteiger partial charge in [0.15, 0.2) is 10.9 Å². The highest BCUT2D eigenvalue weighted by atomic mass is 32.1. The summed E-state index contributed by atoms with van der Waals surface area (Å²) in [6.07, 6.45) is 0. The number of amides is 1. The maximum absolute atomic E-state index is 13.9. The summed E-state index contributed by atoms with van der Waals surface area (Å²) in [6, 6.07) is 9.27. The van der Waals surface area contributed by atoms with Crippen molar-refractivity contribution in [2.75, 3.05) is 38.2 Å². The Bertz CT molecular complexity index is 1000. The molecule has 8 heteroatoms. The lowest BCUT2D eigenvalue weighted by molar-refractivity contribution is 0.0743. The molecule has 3 aromatic rings. The molecule has 0 atom stereocenters. The Balaban J connectivity index is 1.49. The van der Waals surface area contributed by atoms with E-state index in [4.69, 9.17) is 4.74 Å². The van der Waals surface area contributed by atoms with Gasteiger partial charge in [0.1, 0.15) is 17.1 Å². The molecule has 1 fully saturated rings. The summed E-state index contributed by atoms with van der Waals surface area (Å²) in [7, 11) is 1.54. The smallest absolute Gasteiger partial charge is 0.257 e. The molecule has 0 unspecified atom stereocenters. The van der Waals surface area contributed by atoms with Crippen molar-refractivity contribution >= 4 is 32.6 Å². The number of carbonyl (C=O) groups excluding carboxylic acids is 1. The van der Waals surface area contributed by atoms with Crippen LogP contribution >= 0.6 is 11.3 Å². The summed E-state index contributed by atoms with van der Waals surface area (Å²) in [4.78, 5) is 20.8. The van der Waals surface area contributed by atoms with Crippen molar-refractivity contribution in [2.24, 2.45) is 0 Å². The second-order valence-corrected chi connectivity index (χ2v) is 7.22. The number of halogens is 2. The second kappa shape index (κ2) is 7.11. The van der Waals surface area contributed by atoms with Crippen LogP contribution in [0.2, 0.25) is 0 Å². The highest BCUT2D eigenvalue weighted by Gasteiger charge is 2.26. The van der Waals surface area contributed by atoms with E-state index in [9.17, 15) is 13.6 Å². The number of rotatable bonds is 3. The zero-order valence-electron chi connectivity index (χ0n) is 14.6. The van der Waals surface area contributed by atoms with Gasteiger partial charge in [0.2, 0.25) is 0 Å². The monoisotopic (exact) mass is 389 g/mol. The van der Waals surface area contributed by atoms with Crippen LogP contribution in [0.5, 0.6) is 5.75 Å². The highest BCUT2D eigenvalue weighted by Crippen LogP contribution is 2.31. The van der Waals surface area contributed by atoms with E-state index in [1.807, 2.05) is 11.0 Å². The molecule has 0 spiro atoms. The Morgan fingerprint density at radius 2 is 1.89 bits per heavy atom. The van der Waals surface area contributed by atoms with Gasteiger partial charge in [-0.15, -0.1) is 0 Å². The zero-order valence-corrected chi connectivity index (χ0v) is 15.4. The number of benzene rings is 2. The first-order valence-electron chi connectivity index (χ1n) is 8.49. The molecular formula is C19H17F2N3O2S. The van der Waals surface area contributed by atoms with E-state index in [2.05, 4.69) is 4.98 Å². The number of ether oxygens (including phenoxy) is 1. The van der Waals surface area contributed by atoms with E-state index in [0.29, 0.717) is 47.3 Å². The van der Waals surface area contributed by atoms with Crippen LogP contribution in [0, 0.1) is 11.6 Å². The lowest BCUT2D eigenvalue weighted by Crippen LogP contribution is -2.48. The standard InChI is InChI=1S/C19H17F2N3O2S/c1-26-15-5-3-2-4-13(15)18(25)23-6-8-24(9-7-23)19-22-17-14(21)10-12(20)11-16(17)27-19/h2-5,10-11H,6-9H2,1H3. The third kappa shape index (κ3) is 3.32. The lowest BCUT2D eigenvalue weighted by atomic mass is 10.1. The Morgan fingerprint density at radius 1 is 1.15 bits per heavy atom. The summed E-state index contributed by atoms with van der Waals surface area (Å²) in [6.45, 7) is 2.18. The van der Waals surface area contributed by atoms with Gasteiger partial charge >= 0.3 is 0 Å². The number of thiazole rings is 1. The van der Waals surface area contributed by atoms with Gasteiger partial charge in [-0.1, -0.05) is 23.5 Å². The minimum atomic E-state index is -0.655. The van der Waals surface area contributed by atoms with Crippen molar-refractivity contribution in [1.29, 1.82) is 0 Å². The van der Waals surface area contributed by atoms with Crippen LogP contribution in [-0.4, -0.2) is 49.1 Å². The number of piperazine rings is 1. The first-order chi connectivity index (χ1) is 13.1. The average Bonchev–Trinajstić information content (AvgIpc) is 3.12. The van der Waals surface area contributed by atoms with Gasteiger partial charge in [0.25, 0.3) is 5.91 Å². The van der Waals surface area contributed by atoms with E-state index in [1.54, 1.807) is 30.2 Å². The first-order valence-corrected chi connectivity index (χ1v) is 9.31. The largest absolute Gasteiger partial charge is 0.496 e. The van der Waals surface area contributed by atoms with E-state index >= 15 is 0 Å². The summed E-state index contributed by atoms with van der Waals surface area (Å²) >= 11 is 1.26. The Morgan fingerprint density at radius 3 is 2.63 bits per heavy atom. The number of anilines is 1. The Labute approximate surface area is 158 Å². The van der Waals surface area contributed by atoms with Crippen LogP contribution in [0.25, 0.3) is 10.2 Å². The van der Waals surface area contributed by atoms with Crippen LogP contribution < -0.4 is 9.64 Å². The number of fused-ring (bicyclic) bond motifs is 1. The van der Waals surface area contributed by atoms with E-state index < -0.39 is 11.6 Å². The van der Waals surface area contributed by atoms with E-state index in [0.717, 1.165) is 6.07 Å². The summed E-state index contributed by atoms with van der Waals surface area (Å²) < 4.78 is 33.0. The number of nitrogens with zero attached hydrogens (tertiary/aromatic N) is 3. The topological polar surface area (TPSA) is 45.7 Å². The lowest BCUT2D eigenvalue weighted by Gasteiger charge is -2.34. The molecule has 0 aliphatic carbocycles. The molecule has 1 aliphatic heterocycles. The molecule has 5 nitrogen and oxygen atoms in total. The number of para-hydroxylation sites is 1. The van der Waals surface area contributed by atoms with Gasteiger partial charge in [-0.2, -0.15) is 0 Å². The molecule has 1 aliphatic rings. The Hall–Kier alpha value is -2.74. The van der Waals surface area contributed by atoms with Gasteiger partial charge in [0.05, 0.1) is 17.4 Å². The number of carbonyl (C=O) groups is 1. The predicted octanol–water partition coefficient (Wildman–Crippen LogP) is 3.55. The molecule has 0 saturated carbocycles. The van der Waals surface area contributed by atoms with Crippen molar-refractivity contribution in [3.05, 3.63) is 53.6 Å². The van der Waals surface area contributed by atoms with Crippen molar-refractivity contribution < 1.29 is 18.3 Å². The normalized spacial score (nSPS) is 14.6. The Kier molecular flexibility index (Phi) is 4.65. The SMILES string of the molecule is COc1ccccc1C(=O)N1CCN(c2nc3c(F)cc(F)cc3s2)CC1. The van der Waals surface area contributed by atoms with Gasteiger partial charge in [-0.3, -0.25) is 4.79 Å². The molecule has 0 N–H and O–H groups in total. The van der Waals surface area contributed by atoms with Crippen molar-refractivity contribution in [3.63, 3.8) is 0 Å². The van der Waals surface area contributed by atoms with Crippen LogP contribution in [0.15, 0.2) is 36.4 Å². The summed E-state index contributed by atoms with van der Waals surface area (Å²) in [5.41, 5.74) is 0.718. The molecule has 27 heavy (non-hydrogen) atoms. The van der Waals surface area contributed by atoms with E-state index in [-0.39, 0.29) is 11.4 Å². The van der Waals surface area contributed by atoms with Crippen molar-refractivity contribution in [3.8, 4) is 5.75 Å². The minimum Gasteiger partial charge on any atom is -0.496 e. The third-order valence-corrected chi connectivity index (χ3v) is 5.64. The molecule has 140 valence electrons. The molecule has 2 aromatic carbocycles. The van der Waals surface area contributed by atoms with Gasteiger partial charge in [-0.05, 0) is 18.2 Å². The fraction of sp³-hybridized carbons (Fsp3) is 0.263. The number of methoxy groups -OCH3 is 1. The van der Waals surface area contributed by atoms with Crippen molar-refractivity contribution in [1.82, 2.24) is 9.88 Å².